The van der Waals surface area contributed by atoms with Gasteiger partial charge in [0, 0.05) is 13.3 Å². The van der Waals surface area contributed by atoms with E-state index in [1.807, 2.05) is 0 Å². The number of rotatable bonds is 2. The molecule has 0 rings (SSSR count). The normalized spacial score (nSPS) is 11.1. The molecular formula is C5H8Cl2O2. The van der Waals surface area contributed by atoms with Crippen LogP contribution >= 0.6 is 23.2 Å². The molecule has 9 heavy (non-hydrogen) atoms. The molecule has 0 aromatic rings. The first-order valence-electron chi connectivity index (χ1n) is 2.55. The van der Waals surface area contributed by atoms with Crippen molar-refractivity contribution >= 4 is 29.2 Å². The van der Waals surface area contributed by atoms with Crippen molar-refractivity contribution in [3.05, 3.63) is 0 Å². The average Bonchev–Trinajstić information content (AvgIpc) is 1.63. The Balaban J connectivity index is 3.71. The molecule has 0 aliphatic heterocycles. The Bertz CT molecular complexity index is 112. The van der Waals surface area contributed by atoms with Gasteiger partial charge in [-0.05, 0) is 0 Å². The molecule has 0 unspecified atom stereocenters. The van der Waals surface area contributed by atoms with Crippen LogP contribution < -0.4 is 0 Å². The molecule has 0 aromatic heterocycles. The molecule has 0 spiro atoms. The summed E-state index contributed by atoms with van der Waals surface area (Å²) in [6.45, 7) is 2.98. The van der Waals surface area contributed by atoms with E-state index >= 15 is 0 Å². The van der Waals surface area contributed by atoms with Crippen molar-refractivity contribution in [1.29, 1.82) is 0 Å². The maximum Gasteiger partial charge on any atom is 0.305 e. The Kier molecular flexibility index (Phi) is 3.30. The van der Waals surface area contributed by atoms with Crippen molar-refractivity contribution in [3.63, 3.8) is 0 Å². The van der Waals surface area contributed by atoms with Gasteiger partial charge in [-0.3, -0.25) is 4.79 Å². The molecule has 0 heterocycles. The van der Waals surface area contributed by atoms with Crippen LogP contribution in [-0.4, -0.2) is 10.5 Å². The summed E-state index contributed by atoms with van der Waals surface area (Å²) in [4.78, 5) is 10.2. The minimum Gasteiger partial charge on any atom is -0.429 e. The van der Waals surface area contributed by atoms with Gasteiger partial charge in [-0.25, -0.2) is 0 Å². The summed E-state index contributed by atoms with van der Waals surface area (Å²) in [5, 5.41) is 0. The van der Waals surface area contributed by atoms with Crippen LogP contribution in [0.3, 0.4) is 0 Å². The monoisotopic (exact) mass is 170 g/mol. The van der Waals surface area contributed by atoms with Gasteiger partial charge in [0.15, 0.2) is 0 Å². The van der Waals surface area contributed by atoms with E-state index in [1.165, 1.54) is 6.92 Å². The third-order valence-corrected chi connectivity index (χ3v) is 1.39. The molecule has 0 bridgehead atoms. The highest BCUT2D eigenvalue weighted by atomic mass is 35.5. The van der Waals surface area contributed by atoms with Crippen molar-refractivity contribution < 1.29 is 9.53 Å². The van der Waals surface area contributed by atoms with Crippen molar-refractivity contribution in [2.75, 3.05) is 0 Å². The molecule has 0 saturated heterocycles. The summed E-state index contributed by atoms with van der Waals surface area (Å²) in [5.74, 6) is -0.471. The molecule has 0 radical (unpaired) electrons. The van der Waals surface area contributed by atoms with E-state index < -0.39 is 10.5 Å². The lowest BCUT2D eigenvalue weighted by atomic mass is 10.5. The number of esters is 1. The van der Waals surface area contributed by atoms with Gasteiger partial charge < -0.3 is 4.74 Å². The second kappa shape index (κ2) is 3.28. The van der Waals surface area contributed by atoms with Crippen molar-refractivity contribution in [1.82, 2.24) is 0 Å². The summed E-state index contributed by atoms with van der Waals surface area (Å²) in [7, 11) is 0. The molecule has 0 atom stereocenters. The van der Waals surface area contributed by atoms with E-state index in [2.05, 4.69) is 4.74 Å². The molecular weight excluding hydrogens is 163 g/mol. The third-order valence-electron chi connectivity index (χ3n) is 0.705. The van der Waals surface area contributed by atoms with Crippen molar-refractivity contribution in [3.8, 4) is 0 Å². The molecule has 54 valence electrons. The highest BCUT2D eigenvalue weighted by Crippen LogP contribution is 2.25. The van der Waals surface area contributed by atoms with E-state index in [1.54, 1.807) is 6.92 Å². The predicted octanol–water partition coefficient (Wildman–Crippen LogP) is 2.09. The zero-order valence-corrected chi connectivity index (χ0v) is 6.79. The summed E-state index contributed by atoms with van der Waals surface area (Å²) in [6.07, 6.45) is 0.385. The zero-order valence-electron chi connectivity index (χ0n) is 5.28. The summed E-state index contributed by atoms with van der Waals surface area (Å²) >= 11 is 10.9. The topological polar surface area (TPSA) is 26.3 Å². The molecule has 0 aliphatic carbocycles. The number of ether oxygens (including phenoxy) is 1. The van der Waals surface area contributed by atoms with Crippen LogP contribution in [0.2, 0.25) is 0 Å². The maximum atomic E-state index is 10.2. The molecule has 0 amide bonds. The second-order valence-electron chi connectivity index (χ2n) is 1.58. The van der Waals surface area contributed by atoms with Gasteiger partial charge >= 0.3 is 5.97 Å². The first kappa shape index (κ1) is 9.05. The fourth-order valence-corrected chi connectivity index (χ4v) is 0.500. The molecule has 0 fully saturated rings. The van der Waals surface area contributed by atoms with Gasteiger partial charge in [-0.1, -0.05) is 30.1 Å². The van der Waals surface area contributed by atoms with E-state index in [9.17, 15) is 4.79 Å². The summed E-state index contributed by atoms with van der Waals surface area (Å²) in [5.41, 5.74) is 0. The van der Waals surface area contributed by atoms with Crippen molar-refractivity contribution in [2.24, 2.45) is 0 Å². The number of halogens is 2. The van der Waals surface area contributed by atoms with E-state index in [-0.39, 0.29) is 0 Å². The smallest absolute Gasteiger partial charge is 0.305 e. The molecule has 4 heteroatoms. The van der Waals surface area contributed by atoms with Gasteiger partial charge in [0.05, 0.1) is 0 Å². The minimum absolute atomic E-state index is 0.385. The number of alkyl halides is 2. The SMILES string of the molecule is CCC(Cl)(Cl)OC(C)=O. The fourth-order valence-electron chi connectivity index (χ4n) is 0.282. The highest BCUT2D eigenvalue weighted by Gasteiger charge is 2.23. The minimum atomic E-state index is -1.34. The third kappa shape index (κ3) is 4.55. The van der Waals surface area contributed by atoms with Gasteiger partial charge in [0.1, 0.15) is 0 Å². The molecule has 0 saturated carbocycles. The largest absolute Gasteiger partial charge is 0.429 e. The van der Waals surface area contributed by atoms with E-state index in [0.717, 1.165) is 0 Å². The highest BCUT2D eigenvalue weighted by molar-refractivity contribution is 6.47. The number of carbonyl (C=O) groups is 1. The quantitative estimate of drug-likeness (QED) is 0.469. The van der Waals surface area contributed by atoms with Crippen molar-refractivity contribution in [2.45, 2.75) is 24.8 Å². The van der Waals surface area contributed by atoms with Crippen LogP contribution in [0, 0.1) is 0 Å². The predicted molar refractivity (Wildman–Crippen MR) is 36.5 cm³/mol. The number of hydrogen-bond donors (Lipinski definition) is 0. The van der Waals surface area contributed by atoms with Crippen LogP contribution in [0.1, 0.15) is 20.3 Å². The summed E-state index contributed by atoms with van der Waals surface area (Å²) in [6, 6.07) is 0. The lowest BCUT2D eigenvalue weighted by molar-refractivity contribution is -0.144. The molecule has 2 nitrogen and oxygen atoms in total. The first-order chi connectivity index (χ1) is 3.98. The Hall–Kier alpha value is 0.0500. The molecule has 0 N–H and O–H groups in total. The van der Waals surface area contributed by atoms with Crippen LogP contribution in [0.25, 0.3) is 0 Å². The van der Waals surface area contributed by atoms with Crippen LogP contribution in [0.4, 0.5) is 0 Å². The first-order valence-corrected chi connectivity index (χ1v) is 3.31. The lowest BCUT2D eigenvalue weighted by Gasteiger charge is -2.15. The fraction of sp³-hybridized carbons (Fsp3) is 0.800. The van der Waals surface area contributed by atoms with E-state index in [0.29, 0.717) is 6.42 Å². The van der Waals surface area contributed by atoms with E-state index in [4.69, 9.17) is 23.2 Å². The zero-order chi connectivity index (χ0) is 7.49. The number of hydrogen-bond acceptors (Lipinski definition) is 2. The van der Waals surface area contributed by atoms with Gasteiger partial charge in [-0.15, -0.1) is 0 Å². The Morgan fingerprint density at radius 1 is 1.67 bits per heavy atom. The Morgan fingerprint density at radius 3 is 2.22 bits per heavy atom. The lowest BCUT2D eigenvalue weighted by Crippen LogP contribution is -2.19. The average molecular weight is 171 g/mol. The Morgan fingerprint density at radius 2 is 2.11 bits per heavy atom. The standard InChI is InChI=1S/C5H8Cl2O2/c1-3-5(6,7)9-4(2)8/h3H2,1-2H3. The summed E-state index contributed by atoms with van der Waals surface area (Å²) < 4.78 is 3.14. The second-order valence-corrected chi connectivity index (χ2v) is 3.00. The van der Waals surface area contributed by atoms with Crippen LogP contribution in [0.5, 0.6) is 0 Å². The van der Waals surface area contributed by atoms with Gasteiger partial charge in [0.25, 0.3) is 4.52 Å². The van der Waals surface area contributed by atoms with Gasteiger partial charge in [-0.2, -0.15) is 0 Å². The Labute approximate surface area is 64.1 Å². The molecule has 0 aromatic carbocycles. The number of carbonyl (C=O) groups excluding carboxylic acids is 1. The molecule has 0 aliphatic rings. The van der Waals surface area contributed by atoms with Crippen LogP contribution in [-0.2, 0) is 9.53 Å². The maximum absolute atomic E-state index is 10.2. The van der Waals surface area contributed by atoms with Crippen LogP contribution in [0.15, 0.2) is 0 Å². The van der Waals surface area contributed by atoms with Gasteiger partial charge in [0.2, 0.25) is 0 Å².